The molecule has 3 nitrogen and oxygen atoms in total. The summed E-state index contributed by atoms with van der Waals surface area (Å²) in [5.74, 6) is 0.154. The van der Waals surface area contributed by atoms with Crippen LogP contribution in [0.2, 0.25) is 0 Å². The molecule has 0 radical (unpaired) electrons. The van der Waals surface area contributed by atoms with Crippen molar-refractivity contribution in [1.29, 1.82) is 0 Å². The Kier molecular flexibility index (Phi) is 3.82. The lowest BCUT2D eigenvalue weighted by Crippen LogP contribution is -2.39. The predicted molar refractivity (Wildman–Crippen MR) is 90.3 cm³/mol. The van der Waals surface area contributed by atoms with E-state index in [1.54, 1.807) is 0 Å². The van der Waals surface area contributed by atoms with E-state index in [4.69, 9.17) is 4.74 Å². The van der Waals surface area contributed by atoms with Crippen LogP contribution in [0.15, 0.2) is 60.2 Å². The lowest BCUT2D eigenvalue weighted by Gasteiger charge is -2.33. The lowest BCUT2D eigenvalue weighted by atomic mass is 10.0. The highest BCUT2D eigenvalue weighted by atomic mass is 16.5. The fourth-order valence-electron chi connectivity index (χ4n) is 3.49. The number of ether oxygens (including phenoxy) is 1. The van der Waals surface area contributed by atoms with E-state index >= 15 is 0 Å². The quantitative estimate of drug-likeness (QED) is 0.797. The maximum absolute atomic E-state index is 12.9. The zero-order chi connectivity index (χ0) is 15.6. The predicted octanol–water partition coefficient (Wildman–Crippen LogP) is 3.34. The topological polar surface area (TPSA) is 29.5 Å². The second-order valence-corrected chi connectivity index (χ2v) is 5.98. The molecule has 2 aromatic rings. The second kappa shape index (κ2) is 6.11. The number of hydrogen-bond acceptors (Lipinski definition) is 3. The van der Waals surface area contributed by atoms with E-state index in [0.717, 1.165) is 48.6 Å². The highest BCUT2D eigenvalue weighted by Gasteiger charge is 2.38. The van der Waals surface area contributed by atoms with Gasteiger partial charge < -0.3 is 4.74 Å². The lowest BCUT2D eigenvalue weighted by molar-refractivity contribution is 0.0242. The number of nitrogens with zero attached hydrogens (tertiary/aromatic N) is 1. The van der Waals surface area contributed by atoms with E-state index in [1.165, 1.54) is 0 Å². The van der Waals surface area contributed by atoms with Gasteiger partial charge in [-0.25, -0.2) is 0 Å². The van der Waals surface area contributed by atoms with Crippen LogP contribution >= 0.6 is 0 Å². The van der Waals surface area contributed by atoms with Crippen LogP contribution in [0.1, 0.15) is 27.5 Å². The summed E-state index contributed by atoms with van der Waals surface area (Å²) < 4.78 is 5.48. The minimum Gasteiger partial charge on any atom is -0.379 e. The van der Waals surface area contributed by atoms with Crippen LogP contribution in [0.3, 0.4) is 0 Å². The van der Waals surface area contributed by atoms with Gasteiger partial charge in [-0.3, -0.25) is 9.69 Å². The average Bonchev–Trinajstić information content (AvgIpc) is 2.89. The highest BCUT2D eigenvalue weighted by molar-refractivity contribution is 6.16. The minimum absolute atomic E-state index is 0.0443. The molecule has 1 fully saturated rings. The Balaban J connectivity index is 1.80. The minimum atomic E-state index is 0.0443. The van der Waals surface area contributed by atoms with Crippen molar-refractivity contribution >= 4 is 11.9 Å². The Labute approximate surface area is 136 Å². The first-order chi connectivity index (χ1) is 11.3. The molecule has 1 heterocycles. The summed E-state index contributed by atoms with van der Waals surface area (Å²) in [7, 11) is 0. The number of ketones is 1. The van der Waals surface area contributed by atoms with Crippen molar-refractivity contribution < 1.29 is 9.53 Å². The van der Waals surface area contributed by atoms with Crippen molar-refractivity contribution in [2.45, 2.75) is 6.04 Å². The summed E-state index contributed by atoms with van der Waals surface area (Å²) in [5.41, 5.74) is 3.91. The molecule has 2 aromatic carbocycles. The third-order valence-electron chi connectivity index (χ3n) is 4.59. The molecule has 0 N–H and O–H groups in total. The molecule has 0 unspecified atom stereocenters. The van der Waals surface area contributed by atoms with Crippen molar-refractivity contribution in [3.8, 4) is 0 Å². The van der Waals surface area contributed by atoms with Crippen LogP contribution in [0.25, 0.3) is 6.08 Å². The van der Waals surface area contributed by atoms with Gasteiger partial charge in [0.1, 0.15) is 0 Å². The Morgan fingerprint density at radius 3 is 2.43 bits per heavy atom. The smallest absolute Gasteiger partial charge is 0.191 e. The number of Topliss-reactive ketones (excluding diaryl/α,β-unsaturated/α-hetero) is 1. The van der Waals surface area contributed by atoms with E-state index in [1.807, 2.05) is 54.6 Å². The number of benzene rings is 2. The highest BCUT2D eigenvalue weighted by Crippen LogP contribution is 2.41. The van der Waals surface area contributed by atoms with Gasteiger partial charge in [-0.1, -0.05) is 54.6 Å². The number of carbonyl (C=O) groups excluding carboxylic acids is 1. The van der Waals surface area contributed by atoms with Gasteiger partial charge in [-0.15, -0.1) is 0 Å². The first kappa shape index (κ1) is 14.4. The summed E-state index contributed by atoms with van der Waals surface area (Å²) in [6.45, 7) is 3.17. The largest absolute Gasteiger partial charge is 0.379 e. The van der Waals surface area contributed by atoms with Gasteiger partial charge in [0.15, 0.2) is 5.78 Å². The molecule has 3 heteroatoms. The molecule has 0 spiro atoms. The zero-order valence-corrected chi connectivity index (χ0v) is 12.9. The van der Waals surface area contributed by atoms with Gasteiger partial charge in [0.05, 0.1) is 19.3 Å². The second-order valence-electron chi connectivity index (χ2n) is 5.98. The van der Waals surface area contributed by atoms with E-state index in [-0.39, 0.29) is 11.8 Å². The molecule has 2 aliphatic rings. The van der Waals surface area contributed by atoms with E-state index < -0.39 is 0 Å². The molecule has 0 amide bonds. The molecule has 1 atom stereocenters. The fraction of sp³-hybridized carbons (Fsp3) is 0.250. The summed E-state index contributed by atoms with van der Waals surface area (Å²) in [6.07, 6.45) is 2.04. The molecule has 116 valence electrons. The Bertz CT molecular complexity index is 745. The number of morpholine rings is 1. The van der Waals surface area contributed by atoms with Crippen molar-refractivity contribution in [1.82, 2.24) is 4.90 Å². The van der Waals surface area contributed by atoms with Crippen LogP contribution in [-0.4, -0.2) is 37.0 Å². The molecule has 0 aromatic heterocycles. The first-order valence-electron chi connectivity index (χ1n) is 8.06. The molecule has 23 heavy (non-hydrogen) atoms. The number of hydrogen-bond donors (Lipinski definition) is 0. The fourth-order valence-corrected chi connectivity index (χ4v) is 3.49. The summed E-state index contributed by atoms with van der Waals surface area (Å²) in [5, 5.41) is 0. The molecule has 0 bridgehead atoms. The van der Waals surface area contributed by atoms with Gasteiger partial charge in [-0.2, -0.15) is 0 Å². The van der Waals surface area contributed by atoms with Crippen molar-refractivity contribution in [3.05, 3.63) is 76.9 Å². The monoisotopic (exact) mass is 305 g/mol. The summed E-state index contributed by atoms with van der Waals surface area (Å²) in [6, 6.07) is 18.1. The molecule has 4 rings (SSSR count). The third-order valence-corrected chi connectivity index (χ3v) is 4.59. The molecular weight excluding hydrogens is 286 g/mol. The summed E-state index contributed by atoms with van der Waals surface area (Å²) in [4.78, 5) is 15.3. The molecule has 1 saturated heterocycles. The molecule has 0 saturated carbocycles. The number of fused-ring (bicyclic) bond motifs is 1. The molecule has 1 aliphatic heterocycles. The molecule has 1 aliphatic carbocycles. The maximum atomic E-state index is 12.9. The van der Waals surface area contributed by atoms with Gasteiger partial charge in [-0.05, 0) is 17.2 Å². The number of rotatable bonds is 2. The normalized spacial score (nSPS) is 23.2. The first-order valence-corrected chi connectivity index (χ1v) is 8.06. The SMILES string of the molecule is O=C1/C(=C\c2ccccc2)[C@H](N2CCOCC2)c2ccccc21. The standard InChI is InChI=1S/C20H19NO2/c22-20-17-9-5-4-8-16(17)19(21-10-12-23-13-11-21)18(20)14-15-6-2-1-3-7-15/h1-9,14,19H,10-13H2/b18-14-/t19-/m1/s1. The van der Waals surface area contributed by atoms with Crippen LogP contribution in [-0.2, 0) is 4.74 Å². The third kappa shape index (κ3) is 2.62. The van der Waals surface area contributed by atoms with Gasteiger partial charge in [0, 0.05) is 24.2 Å². The zero-order valence-electron chi connectivity index (χ0n) is 12.9. The molecular formula is C20H19NO2. The van der Waals surface area contributed by atoms with Gasteiger partial charge in [0.2, 0.25) is 0 Å². The Morgan fingerprint density at radius 2 is 1.65 bits per heavy atom. The van der Waals surface area contributed by atoms with Crippen LogP contribution < -0.4 is 0 Å². The van der Waals surface area contributed by atoms with Crippen molar-refractivity contribution in [2.24, 2.45) is 0 Å². The van der Waals surface area contributed by atoms with E-state index in [2.05, 4.69) is 11.0 Å². The Morgan fingerprint density at radius 1 is 0.957 bits per heavy atom. The van der Waals surface area contributed by atoms with Gasteiger partial charge >= 0.3 is 0 Å². The average molecular weight is 305 g/mol. The van der Waals surface area contributed by atoms with E-state index in [9.17, 15) is 4.79 Å². The Hall–Kier alpha value is -2.23. The van der Waals surface area contributed by atoms with Crippen LogP contribution in [0, 0.1) is 0 Å². The van der Waals surface area contributed by atoms with Crippen LogP contribution in [0.5, 0.6) is 0 Å². The van der Waals surface area contributed by atoms with Gasteiger partial charge in [0.25, 0.3) is 0 Å². The number of carbonyl (C=O) groups is 1. The van der Waals surface area contributed by atoms with Crippen molar-refractivity contribution in [3.63, 3.8) is 0 Å². The maximum Gasteiger partial charge on any atom is 0.191 e. The van der Waals surface area contributed by atoms with Crippen LogP contribution in [0.4, 0.5) is 0 Å². The van der Waals surface area contributed by atoms with Crippen molar-refractivity contribution in [2.75, 3.05) is 26.3 Å². The van der Waals surface area contributed by atoms with E-state index in [0.29, 0.717) is 0 Å². The summed E-state index contributed by atoms with van der Waals surface area (Å²) >= 11 is 0.